The van der Waals surface area contributed by atoms with Crippen LogP contribution in [0.25, 0.3) is 0 Å². The number of aryl methyl sites for hydroxylation is 1. The van der Waals surface area contributed by atoms with E-state index in [1.54, 1.807) is 18.9 Å². The summed E-state index contributed by atoms with van der Waals surface area (Å²) in [7, 11) is 1.62. The van der Waals surface area contributed by atoms with Crippen molar-refractivity contribution >= 4 is 11.8 Å². The maximum atomic E-state index is 13.1. The molecule has 0 heterocycles. The highest BCUT2D eigenvalue weighted by Crippen LogP contribution is 2.18. The second-order valence-corrected chi connectivity index (χ2v) is 7.91. The van der Waals surface area contributed by atoms with Gasteiger partial charge in [-0.2, -0.15) is 0 Å². The van der Waals surface area contributed by atoms with E-state index in [-0.39, 0.29) is 17.9 Å². The van der Waals surface area contributed by atoms with E-state index in [0.29, 0.717) is 26.0 Å². The number of hydrogen-bond donors (Lipinski definition) is 1. The van der Waals surface area contributed by atoms with Crippen LogP contribution in [0, 0.1) is 6.92 Å². The average Bonchev–Trinajstić information content (AvgIpc) is 2.75. The van der Waals surface area contributed by atoms with E-state index >= 15 is 0 Å². The minimum atomic E-state index is -0.558. The van der Waals surface area contributed by atoms with Crippen LogP contribution in [-0.2, 0) is 16.1 Å². The molecule has 0 saturated heterocycles. The Morgan fingerprint density at radius 3 is 2.26 bits per heavy atom. The van der Waals surface area contributed by atoms with Crippen LogP contribution in [0.4, 0.5) is 0 Å². The van der Waals surface area contributed by atoms with E-state index in [9.17, 15) is 9.59 Å². The second-order valence-electron chi connectivity index (χ2n) is 7.91. The molecule has 168 valence electrons. The SMILES string of the molecule is COc1ccc(OCCCC(=O)N(Cc2ccccc2C)[C@H](C)C(=O)NC(C)C)cc1. The number of ether oxygens (including phenoxy) is 2. The summed E-state index contributed by atoms with van der Waals surface area (Å²) in [4.78, 5) is 27.3. The van der Waals surface area contributed by atoms with E-state index in [1.165, 1.54) is 0 Å². The van der Waals surface area contributed by atoms with Crippen molar-refractivity contribution in [3.8, 4) is 11.5 Å². The molecule has 0 aliphatic carbocycles. The summed E-state index contributed by atoms with van der Waals surface area (Å²) in [5.41, 5.74) is 2.13. The van der Waals surface area contributed by atoms with Crippen molar-refractivity contribution < 1.29 is 19.1 Å². The molecule has 0 saturated carbocycles. The Bertz CT molecular complexity index is 849. The highest BCUT2D eigenvalue weighted by atomic mass is 16.5. The molecule has 1 N–H and O–H groups in total. The van der Waals surface area contributed by atoms with Crippen LogP contribution in [0.2, 0.25) is 0 Å². The van der Waals surface area contributed by atoms with Crippen molar-refractivity contribution in [2.45, 2.75) is 59.2 Å². The first-order valence-corrected chi connectivity index (χ1v) is 10.7. The van der Waals surface area contributed by atoms with Gasteiger partial charge >= 0.3 is 0 Å². The molecule has 0 aliphatic rings. The standard InChI is InChI=1S/C25H34N2O4/c1-18(2)26-25(29)20(4)27(17-21-10-7-6-9-19(21)3)24(28)11-8-16-31-23-14-12-22(30-5)13-15-23/h6-7,9-10,12-15,18,20H,8,11,16-17H2,1-5H3,(H,26,29)/t20-/m1/s1. The summed E-state index contributed by atoms with van der Waals surface area (Å²) in [5.74, 6) is 1.29. The van der Waals surface area contributed by atoms with Gasteiger partial charge in [0.1, 0.15) is 17.5 Å². The van der Waals surface area contributed by atoms with Gasteiger partial charge in [-0.05, 0) is 69.5 Å². The maximum Gasteiger partial charge on any atom is 0.242 e. The molecule has 0 fully saturated rings. The Morgan fingerprint density at radius 2 is 1.65 bits per heavy atom. The van der Waals surface area contributed by atoms with Crippen molar-refractivity contribution in [2.75, 3.05) is 13.7 Å². The molecule has 0 unspecified atom stereocenters. The average molecular weight is 427 g/mol. The van der Waals surface area contributed by atoms with E-state index in [0.717, 1.165) is 22.6 Å². The topological polar surface area (TPSA) is 67.9 Å². The second kappa shape index (κ2) is 12.0. The van der Waals surface area contributed by atoms with Gasteiger partial charge in [0.25, 0.3) is 0 Å². The van der Waals surface area contributed by atoms with Gasteiger partial charge in [-0.1, -0.05) is 24.3 Å². The van der Waals surface area contributed by atoms with E-state index in [4.69, 9.17) is 9.47 Å². The highest BCUT2D eigenvalue weighted by molar-refractivity contribution is 5.87. The molecule has 0 aromatic heterocycles. The molecule has 0 radical (unpaired) electrons. The molecule has 0 aliphatic heterocycles. The fourth-order valence-corrected chi connectivity index (χ4v) is 3.19. The fraction of sp³-hybridized carbons (Fsp3) is 0.440. The first kappa shape index (κ1) is 24.3. The van der Waals surface area contributed by atoms with Gasteiger partial charge in [0.15, 0.2) is 0 Å². The van der Waals surface area contributed by atoms with Crippen molar-refractivity contribution in [1.82, 2.24) is 10.2 Å². The van der Waals surface area contributed by atoms with Gasteiger partial charge < -0.3 is 19.7 Å². The van der Waals surface area contributed by atoms with Gasteiger partial charge in [-0.25, -0.2) is 0 Å². The Kier molecular flexibility index (Phi) is 9.38. The smallest absolute Gasteiger partial charge is 0.242 e. The number of nitrogens with zero attached hydrogens (tertiary/aromatic N) is 1. The summed E-state index contributed by atoms with van der Waals surface area (Å²) in [5, 5.41) is 2.91. The number of benzene rings is 2. The zero-order valence-corrected chi connectivity index (χ0v) is 19.2. The third-order valence-corrected chi connectivity index (χ3v) is 5.06. The zero-order chi connectivity index (χ0) is 22.8. The van der Waals surface area contributed by atoms with Crippen LogP contribution in [-0.4, -0.2) is 42.5 Å². The monoisotopic (exact) mass is 426 g/mol. The van der Waals surface area contributed by atoms with Gasteiger partial charge in [0.05, 0.1) is 13.7 Å². The van der Waals surface area contributed by atoms with Gasteiger partial charge in [0, 0.05) is 19.0 Å². The summed E-state index contributed by atoms with van der Waals surface area (Å²) >= 11 is 0. The lowest BCUT2D eigenvalue weighted by Gasteiger charge is -2.30. The third-order valence-electron chi connectivity index (χ3n) is 5.06. The van der Waals surface area contributed by atoms with Crippen molar-refractivity contribution in [1.29, 1.82) is 0 Å². The van der Waals surface area contributed by atoms with Crippen molar-refractivity contribution in [3.05, 3.63) is 59.7 Å². The zero-order valence-electron chi connectivity index (χ0n) is 19.2. The molecule has 6 nitrogen and oxygen atoms in total. The summed E-state index contributed by atoms with van der Waals surface area (Å²) in [6, 6.07) is 14.7. The molecule has 0 spiro atoms. The summed E-state index contributed by atoms with van der Waals surface area (Å²) in [6.45, 7) is 8.44. The third kappa shape index (κ3) is 7.63. The van der Waals surface area contributed by atoms with E-state index < -0.39 is 6.04 Å². The molecular weight excluding hydrogens is 392 g/mol. The molecule has 1 atom stereocenters. The van der Waals surface area contributed by atoms with Gasteiger partial charge in [-0.3, -0.25) is 9.59 Å². The summed E-state index contributed by atoms with van der Waals surface area (Å²) < 4.78 is 10.9. The maximum absolute atomic E-state index is 13.1. The Morgan fingerprint density at radius 1 is 1.00 bits per heavy atom. The lowest BCUT2D eigenvalue weighted by Crippen LogP contribution is -2.49. The van der Waals surface area contributed by atoms with Crippen LogP contribution < -0.4 is 14.8 Å². The van der Waals surface area contributed by atoms with Crippen LogP contribution in [0.5, 0.6) is 11.5 Å². The Labute approximate surface area is 185 Å². The van der Waals surface area contributed by atoms with Gasteiger partial charge in [-0.15, -0.1) is 0 Å². The quantitative estimate of drug-likeness (QED) is 0.549. The first-order chi connectivity index (χ1) is 14.8. The van der Waals surface area contributed by atoms with Crippen LogP contribution >= 0.6 is 0 Å². The van der Waals surface area contributed by atoms with Crippen LogP contribution in [0.3, 0.4) is 0 Å². The molecule has 2 aromatic carbocycles. The number of amides is 2. The highest BCUT2D eigenvalue weighted by Gasteiger charge is 2.26. The Hall–Kier alpha value is -3.02. The Balaban J connectivity index is 1.99. The number of nitrogens with one attached hydrogen (secondary N) is 1. The molecular formula is C25H34N2O4. The summed E-state index contributed by atoms with van der Waals surface area (Å²) in [6.07, 6.45) is 0.870. The van der Waals surface area contributed by atoms with Crippen molar-refractivity contribution in [3.63, 3.8) is 0 Å². The van der Waals surface area contributed by atoms with E-state index in [1.807, 2.05) is 69.3 Å². The lowest BCUT2D eigenvalue weighted by atomic mass is 10.1. The molecule has 2 amide bonds. The minimum Gasteiger partial charge on any atom is -0.497 e. The number of hydrogen-bond acceptors (Lipinski definition) is 4. The number of methoxy groups -OCH3 is 1. The first-order valence-electron chi connectivity index (χ1n) is 10.7. The molecule has 2 rings (SSSR count). The van der Waals surface area contributed by atoms with Crippen LogP contribution in [0.15, 0.2) is 48.5 Å². The molecule has 0 bridgehead atoms. The fourth-order valence-electron chi connectivity index (χ4n) is 3.19. The lowest BCUT2D eigenvalue weighted by molar-refractivity contribution is -0.141. The van der Waals surface area contributed by atoms with Crippen molar-refractivity contribution in [2.24, 2.45) is 0 Å². The van der Waals surface area contributed by atoms with Gasteiger partial charge in [0.2, 0.25) is 11.8 Å². The van der Waals surface area contributed by atoms with E-state index in [2.05, 4.69) is 5.32 Å². The largest absolute Gasteiger partial charge is 0.497 e. The molecule has 2 aromatic rings. The number of rotatable bonds is 11. The molecule has 6 heteroatoms. The molecule has 31 heavy (non-hydrogen) atoms. The number of carbonyl (C=O) groups excluding carboxylic acids is 2. The van der Waals surface area contributed by atoms with Crippen LogP contribution in [0.1, 0.15) is 44.7 Å². The predicted molar refractivity (Wildman–Crippen MR) is 122 cm³/mol. The minimum absolute atomic E-state index is 0.0169. The number of carbonyl (C=O) groups is 2. The predicted octanol–water partition coefficient (Wildman–Crippen LogP) is 4.10. The normalized spacial score (nSPS) is 11.7.